The molecule has 0 heterocycles. The molecule has 2 nitrogen and oxygen atoms in total. The van der Waals surface area contributed by atoms with Gasteiger partial charge in [-0.3, -0.25) is 0 Å². The minimum Gasteiger partial charge on any atom is -0.390 e. The molecular weight excluding hydrogens is 423 g/mol. The Morgan fingerprint density at radius 1 is 1.03 bits per heavy atom. The predicted molar refractivity (Wildman–Crippen MR) is 136 cm³/mol. The Hall–Kier alpha value is -1.19. The van der Waals surface area contributed by atoms with Crippen LogP contribution in [0.4, 0.5) is 4.39 Å². The van der Waals surface area contributed by atoms with Gasteiger partial charge in [-0.15, -0.1) is 0 Å². The highest BCUT2D eigenvalue weighted by molar-refractivity contribution is 5.27. The Labute approximate surface area is 206 Å². The van der Waals surface area contributed by atoms with Crippen LogP contribution < -0.4 is 0 Å². The minimum atomic E-state index is -0.490. The van der Waals surface area contributed by atoms with Gasteiger partial charge in [0.1, 0.15) is 5.82 Å². The number of fused-ring (bicyclic) bond motifs is 5. The average molecular weight is 469 g/mol. The maximum atomic E-state index is 13.2. The topological polar surface area (TPSA) is 40.5 Å². The number of halogens is 1. The molecule has 0 spiro atoms. The average Bonchev–Trinajstić information content (AvgIpc) is 3.16. The molecule has 0 bridgehead atoms. The van der Waals surface area contributed by atoms with Crippen LogP contribution in [0.2, 0.25) is 0 Å². The third-order valence-corrected chi connectivity index (χ3v) is 11.4. The summed E-state index contributed by atoms with van der Waals surface area (Å²) in [6.45, 7) is 7.25. The van der Waals surface area contributed by atoms with Crippen molar-refractivity contribution in [3.63, 3.8) is 0 Å². The fourth-order valence-corrected chi connectivity index (χ4v) is 9.01. The molecule has 3 fully saturated rings. The zero-order chi connectivity index (χ0) is 24.1. The van der Waals surface area contributed by atoms with E-state index < -0.39 is 11.7 Å². The molecule has 0 aromatic heterocycles. The van der Waals surface area contributed by atoms with E-state index in [1.165, 1.54) is 50.7 Å². The van der Waals surface area contributed by atoms with Crippen molar-refractivity contribution in [3.05, 3.63) is 47.3 Å². The third-order valence-electron chi connectivity index (χ3n) is 11.4. The van der Waals surface area contributed by atoms with Gasteiger partial charge in [-0.1, -0.05) is 51.0 Å². The van der Waals surface area contributed by atoms with Crippen LogP contribution in [0.3, 0.4) is 0 Å². The molecule has 0 aliphatic heterocycles. The number of benzene rings is 1. The second-order valence-corrected chi connectivity index (χ2v) is 12.8. The van der Waals surface area contributed by atoms with E-state index in [1.807, 2.05) is 0 Å². The molecule has 5 rings (SSSR count). The normalized spacial score (nSPS) is 42.4. The van der Waals surface area contributed by atoms with E-state index >= 15 is 0 Å². The van der Waals surface area contributed by atoms with Crippen LogP contribution in [-0.2, 0) is 0 Å². The molecule has 0 radical (unpaired) electrons. The highest BCUT2D eigenvalue weighted by Crippen LogP contribution is 2.67. The maximum Gasteiger partial charge on any atom is 0.123 e. The molecule has 188 valence electrons. The van der Waals surface area contributed by atoms with Crippen molar-refractivity contribution in [2.75, 3.05) is 0 Å². The largest absolute Gasteiger partial charge is 0.390 e. The summed E-state index contributed by atoms with van der Waals surface area (Å²) in [5.74, 6) is 2.92. The number of aliphatic hydroxyl groups excluding tert-OH is 1. The lowest BCUT2D eigenvalue weighted by molar-refractivity contribution is -0.0718. The Kier molecular flexibility index (Phi) is 6.51. The van der Waals surface area contributed by atoms with Crippen molar-refractivity contribution in [1.29, 1.82) is 0 Å². The second kappa shape index (κ2) is 9.04. The number of hydrogen-bond donors (Lipinski definition) is 2. The zero-order valence-electron chi connectivity index (χ0n) is 21.5. The molecule has 2 N–H and O–H groups in total. The van der Waals surface area contributed by atoms with Crippen LogP contribution in [0.1, 0.15) is 109 Å². The second-order valence-electron chi connectivity index (χ2n) is 12.8. The lowest BCUT2D eigenvalue weighted by Crippen LogP contribution is -2.52. The minimum absolute atomic E-state index is 0.246. The van der Waals surface area contributed by atoms with Crippen molar-refractivity contribution in [3.8, 4) is 0 Å². The van der Waals surface area contributed by atoms with Crippen LogP contribution in [0, 0.1) is 40.3 Å². The van der Waals surface area contributed by atoms with Crippen LogP contribution in [-0.4, -0.2) is 15.8 Å². The van der Waals surface area contributed by atoms with Gasteiger partial charge in [-0.05, 0) is 123 Å². The Bertz CT molecular complexity index is 909. The first-order chi connectivity index (χ1) is 16.2. The Morgan fingerprint density at radius 3 is 2.53 bits per heavy atom. The van der Waals surface area contributed by atoms with Crippen molar-refractivity contribution in [1.82, 2.24) is 0 Å². The van der Waals surface area contributed by atoms with E-state index in [9.17, 15) is 14.6 Å². The summed E-state index contributed by atoms with van der Waals surface area (Å²) in [6.07, 6.45) is 15.5. The fourth-order valence-electron chi connectivity index (χ4n) is 9.01. The summed E-state index contributed by atoms with van der Waals surface area (Å²) >= 11 is 0. The molecule has 3 heteroatoms. The molecule has 3 saturated carbocycles. The molecule has 0 amide bonds. The molecule has 1 aromatic rings. The molecule has 7 unspecified atom stereocenters. The first-order valence-corrected chi connectivity index (χ1v) is 14.0. The number of allylic oxidation sites excluding steroid dienone is 1. The quantitative estimate of drug-likeness (QED) is 0.419. The van der Waals surface area contributed by atoms with E-state index in [-0.39, 0.29) is 5.82 Å². The smallest absolute Gasteiger partial charge is 0.123 e. The van der Waals surface area contributed by atoms with E-state index in [0.29, 0.717) is 10.8 Å². The van der Waals surface area contributed by atoms with Gasteiger partial charge in [0.25, 0.3) is 0 Å². The van der Waals surface area contributed by atoms with Gasteiger partial charge in [0.15, 0.2) is 0 Å². The van der Waals surface area contributed by atoms with Gasteiger partial charge in [0, 0.05) is 0 Å². The lowest BCUT2D eigenvalue weighted by atomic mass is 9.46. The lowest BCUT2D eigenvalue weighted by Gasteiger charge is -2.59. The summed E-state index contributed by atoms with van der Waals surface area (Å²) in [6, 6.07) is 6.32. The molecule has 8 atom stereocenters. The summed E-state index contributed by atoms with van der Waals surface area (Å²) in [5, 5.41) is 21.6. The zero-order valence-corrected chi connectivity index (χ0v) is 21.5. The highest BCUT2D eigenvalue weighted by Gasteiger charge is 2.59. The highest BCUT2D eigenvalue weighted by atomic mass is 19.1. The molecular formula is C31H45FO2. The summed E-state index contributed by atoms with van der Waals surface area (Å²) in [7, 11) is 0. The first-order valence-electron chi connectivity index (χ1n) is 14.0. The van der Waals surface area contributed by atoms with E-state index in [4.69, 9.17) is 0 Å². The van der Waals surface area contributed by atoms with Gasteiger partial charge in [0.2, 0.25) is 0 Å². The van der Waals surface area contributed by atoms with Crippen molar-refractivity contribution in [2.45, 2.75) is 110 Å². The standard InChI is InChI=1S/C31H45FO2/c1-4-31(34)19-18-30(3)23(20-31)10-14-25-26-15-11-22(29(26,2)17-16-27(25)30)6-5-7-28(33)21-8-12-24(32)13-9-21/h8-10,12-13,22,25-28,33-34H,4-7,11,14-20H2,1-3H3/t22?,25?,26?,27?,28?,29?,30?,31-/m0/s1. The molecule has 4 aliphatic carbocycles. The maximum absolute atomic E-state index is 13.2. The van der Waals surface area contributed by atoms with Gasteiger partial charge in [-0.25, -0.2) is 4.39 Å². The van der Waals surface area contributed by atoms with Gasteiger partial charge in [-0.2, -0.15) is 0 Å². The van der Waals surface area contributed by atoms with E-state index in [2.05, 4.69) is 26.8 Å². The molecule has 34 heavy (non-hydrogen) atoms. The van der Waals surface area contributed by atoms with Gasteiger partial charge >= 0.3 is 0 Å². The van der Waals surface area contributed by atoms with Crippen LogP contribution in [0.15, 0.2) is 35.9 Å². The molecule has 0 saturated heterocycles. The fraction of sp³-hybridized carbons (Fsp3) is 0.742. The number of hydrogen-bond acceptors (Lipinski definition) is 2. The summed E-state index contributed by atoms with van der Waals surface area (Å²) in [5.41, 5.74) is 2.65. The van der Waals surface area contributed by atoms with Crippen LogP contribution >= 0.6 is 0 Å². The first kappa shape index (κ1) is 24.5. The third kappa shape index (κ3) is 4.09. The van der Waals surface area contributed by atoms with Crippen molar-refractivity contribution >= 4 is 0 Å². The molecule has 4 aliphatic rings. The number of rotatable bonds is 6. The summed E-state index contributed by atoms with van der Waals surface area (Å²) < 4.78 is 13.2. The monoisotopic (exact) mass is 468 g/mol. The van der Waals surface area contributed by atoms with Crippen LogP contribution in [0.5, 0.6) is 0 Å². The summed E-state index contributed by atoms with van der Waals surface area (Å²) in [4.78, 5) is 0. The SMILES string of the molecule is CC[C@]1(O)CCC2(C)C(=CCC3C2CCC2(C)C(CCCC(O)c4ccc(F)cc4)CCC32)C1. The molecule has 1 aromatic carbocycles. The Morgan fingerprint density at radius 2 is 1.79 bits per heavy atom. The van der Waals surface area contributed by atoms with Crippen LogP contribution in [0.25, 0.3) is 0 Å². The predicted octanol–water partition coefficient (Wildman–Crippen LogP) is 7.75. The van der Waals surface area contributed by atoms with Gasteiger partial charge in [0.05, 0.1) is 11.7 Å². The van der Waals surface area contributed by atoms with Crippen molar-refractivity contribution in [2.24, 2.45) is 34.5 Å². The van der Waals surface area contributed by atoms with Crippen molar-refractivity contribution < 1.29 is 14.6 Å². The van der Waals surface area contributed by atoms with Gasteiger partial charge < -0.3 is 10.2 Å². The van der Waals surface area contributed by atoms with E-state index in [1.54, 1.807) is 17.7 Å². The van der Waals surface area contributed by atoms with E-state index in [0.717, 1.165) is 67.8 Å². The Balaban J connectivity index is 1.23. The number of aliphatic hydroxyl groups is 2.